The van der Waals surface area contributed by atoms with Crippen molar-refractivity contribution in [1.82, 2.24) is 20.0 Å². The summed E-state index contributed by atoms with van der Waals surface area (Å²) in [7, 11) is 0. The maximum Gasteiger partial charge on any atom is 0.259 e. The van der Waals surface area contributed by atoms with Crippen LogP contribution in [0, 0.1) is 0 Å². The van der Waals surface area contributed by atoms with Gasteiger partial charge in [0.25, 0.3) is 11.6 Å². The second-order valence-electron chi connectivity index (χ2n) is 7.12. The van der Waals surface area contributed by atoms with Crippen molar-refractivity contribution in [3.63, 3.8) is 0 Å². The van der Waals surface area contributed by atoms with Crippen molar-refractivity contribution in [3.05, 3.63) is 41.9 Å². The van der Waals surface area contributed by atoms with Crippen molar-refractivity contribution in [2.24, 2.45) is 5.73 Å². The minimum Gasteiger partial charge on any atom is -0.337 e. The Hall–Kier alpha value is -2.22. The molecule has 1 aliphatic heterocycles. The Kier molecular flexibility index (Phi) is 5.88. The number of carbonyl (C=O) groups is 1. The largest absolute Gasteiger partial charge is 0.337 e. The van der Waals surface area contributed by atoms with Gasteiger partial charge in [-0.2, -0.15) is 0 Å². The number of amides is 1. The lowest BCUT2D eigenvalue weighted by molar-refractivity contribution is 0.0792. The van der Waals surface area contributed by atoms with E-state index in [9.17, 15) is 4.79 Å². The summed E-state index contributed by atoms with van der Waals surface area (Å²) in [5.41, 5.74) is 9.38. The van der Waals surface area contributed by atoms with E-state index in [2.05, 4.69) is 15.1 Å². The highest BCUT2D eigenvalue weighted by Crippen LogP contribution is 2.43. The van der Waals surface area contributed by atoms with Crippen molar-refractivity contribution in [3.8, 4) is 11.3 Å². The Bertz CT molecular complexity index is 991. The Balaban J connectivity index is 0.00000112. The molecular weight excluding hydrogens is 401 g/mol. The molecule has 1 amide bonds. The molecule has 0 spiro atoms. The number of carbonyl (C=O) groups excluding carboxylic acids is 1. The smallest absolute Gasteiger partial charge is 0.259 e. The highest BCUT2D eigenvalue weighted by atomic mass is 35.5. The standard InChI is InChI=1S/C19H19N5O2.2ClH/c20-13-5-7-24(10-13)19(25)14-8-15(12-2-1-6-21-9-12)22-18-16(14)17(23-26-18)11-3-4-11;;/h1-2,6,8-9,11,13H,3-5,7,10,20H2;2*1H/t13-;;/m1../s1. The SMILES string of the molecule is Cl.Cl.N[C@@H]1CCN(C(=O)c2cc(-c3cccnc3)nc3onc(C4CC4)c23)C1. The van der Waals surface area contributed by atoms with Crippen molar-refractivity contribution >= 4 is 41.8 Å². The van der Waals surface area contributed by atoms with E-state index in [-0.39, 0.29) is 36.8 Å². The van der Waals surface area contributed by atoms with Gasteiger partial charge in [-0.25, -0.2) is 4.98 Å². The number of pyridine rings is 2. The summed E-state index contributed by atoms with van der Waals surface area (Å²) in [6, 6.07) is 5.64. The van der Waals surface area contributed by atoms with Crippen molar-refractivity contribution < 1.29 is 9.32 Å². The van der Waals surface area contributed by atoms with Crippen LogP contribution in [0.3, 0.4) is 0 Å². The van der Waals surface area contributed by atoms with Gasteiger partial charge in [0.05, 0.1) is 22.3 Å². The van der Waals surface area contributed by atoms with E-state index in [1.807, 2.05) is 23.1 Å². The predicted molar refractivity (Wildman–Crippen MR) is 110 cm³/mol. The molecule has 2 N–H and O–H groups in total. The van der Waals surface area contributed by atoms with Crippen LogP contribution in [-0.4, -0.2) is 45.1 Å². The number of hydrogen-bond acceptors (Lipinski definition) is 6. The molecule has 1 saturated heterocycles. The van der Waals surface area contributed by atoms with Crippen LogP contribution < -0.4 is 5.73 Å². The molecule has 1 atom stereocenters. The second kappa shape index (κ2) is 8.03. The quantitative estimate of drug-likeness (QED) is 0.696. The lowest BCUT2D eigenvalue weighted by Gasteiger charge is -2.17. The zero-order valence-corrected chi connectivity index (χ0v) is 16.7. The van der Waals surface area contributed by atoms with Crippen LogP contribution in [0.1, 0.15) is 41.2 Å². The number of halogens is 2. The molecule has 28 heavy (non-hydrogen) atoms. The third kappa shape index (κ3) is 3.57. The summed E-state index contributed by atoms with van der Waals surface area (Å²) in [5, 5.41) is 4.98. The number of hydrogen-bond donors (Lipinski definition) is 1. The van der Waals surface area contributed by atoms with E-state index in [0.717, 1.165) is 35.9 Å². The maximum atomic E-state index is 13.2. The van der Waals surface area contributed by atoms with Gasteiger partial charge in [-0.05, 0) is 37.5 Å². The zero-order valence-electron chi connectivity index (χ0n) is 15.1. The number of likely N-dealkylation sites (tertiary alicyclic amines) is 1. The molecule has 3 aromatic heterocycles. The van der Waals surface area contributed by atoms with Crippen LogP contribution in [0.5, 0.6) is 0 Å². The molecule has 4 heterocycles. The van der Waals surface area contributed by atoms with Crippen molar-refractivity contribution in [2.45, 2.75) is 31.2 Å². The fourth-order valence-corrected chi connectivity index (χ4v) is 3.58. The van der Waals surface area contributed by atoms with Crippen LogP contribution in [0.2, 0.25) is 0 Å². The van der Waals surface area contributed by atoms with Gasteiger partial charge in [-0.15, -0.1) is 24.8 Å². The van der Waals surface area contributed by atoms with Crippen LogP contribution >= 0.6 is 24.8 Å². The minimum atomic E-state index is -0.0272. The average Bonchev–Trinajstić information content (AvgIpc) is 3.28. The molecule has 0 aromatic carbocycles. The van der Waals surface area contributed by atoms with Gasteiger partial charge < -0.3 is 15.2 Å². The van der Waals surface area contributed by atoms with Gasteiger partial charge in [0.2, 0.25) is 0 Å². The zero-order chi connectivity index (χ0) is 17.7. The second-order valence-corrected chi connectivity index (χ2v) is 7.12. The Morgan fingerprint density at radius 2 is 2.07 bits per heavy atom. The normalized spacial score (nSPS) is 18.6. The summed E-state index contributed by atoms with van der Waals surface area (Å²) < 4.78 is 5.51. The number of fused-ring (bicyclic) bond motifs is 1. The molecule has 5 rings (SSSR count). The first-order chi connectivity index (χ1) is 12.7. The van der Waals surface area contributed by atoms with Crippen LogP contribution in [0.4, 0.5) is 0 Å². The van der Waals surface area contributed by atoms with E-state index in [1.165, 1.54) is 0 Å². The number of aromatic nitrogens is 3. The number of nitrogens with two attached hydrogens (primary N) is 1. The van der Waals surface area contributed by atoms with Crippen LogP contribution in [0.25, 0.3) is 22.4 Å². The summed E-state index contributed by atoms with van der Waals surface area (Å²) in [4.78, 5) is 23.8. The topological polar surface area (TPSA) is 98.1 Å². The lowest BCUT2D eigenvalue weighted by atomic mass is 10.0. The average molecular weight is 422 g/mol. The van der Waals surface area contributed by atoms with Crippen molar-refractivity contribution in [2.75, 3.05) is 13.1 Å². The molecule has 148 valence electrons. The van der Waals surface area contributed by atoms with E-state index in [4.69, 9.17) is 10.3 Å². The molecule has 0 unspecified atom stereocenters. The van der Waals surface area contributed by atoms with Gasteiger partial charge in [0.1, 0.15) is 0 Å². The van der Waals surface area contributed by atoms with E-state index >= 15 is 0 Å². The van der Waals surface area contributed by atoms with E-state index < -0.39 is 0 Å². The molecule has 0 radical (unpaired) electrons. The highest BCUT2D eigenvalue weighted by Gasteiger charge is 2.34. The minimum absolute atomic E-state index is 0. The number of nitrogens with zero attached hydrogens (tertiary/aromatic N) is 4. The first kappa shape index (κ1) is 20.5. The number of rotatable bonds is 3. The summed E-state index contributed by atoms with van der Waals surface area (Å²) in [6.07, 6.45) is 6.42. The maximum absolute atomic E-state index is 13.2. The first-order valence-electron chi connectivity index (χ1n) is 8.96. The molecule has 0 bridgehead atoms. The summed E-state index contributed by atoms with van der Waals surface area (Å²) in [6.45, 7) is 1.25. The molecule has 1 saturated carbocycles. The highest BCUT2D eigenvalue weighted by molar-refractivity contribution is 6.07. The van der Waals surface area contributed by atoms with Crippen LogP contribution in [0.15, 0.2) is 35.1 Å². The first-order valence-corrected chi connectivity index (χ1v) is 8.96. The van der Waals surface area contributed by atoms with Crippen LogP contribution in [-0.2, 0) is 0 Å². The molecule has 2 aliphatic rings. The van der Waals surface area contributed by atoms with Gasteiger partial charge in [-0.3, -0.25) is 9.78 Å². The van der Waals surface area contributed by atoms with E-state index in [1.54, 1.807) is 12.4 Å². The van der Waals surface area contributed by atoms with E-state index in [0.29, 0.717) is 36.0 Å². The summed E-state index contributed by atoms with van der Waals surface area (Å²) in [5.74, 6) is 0.343. The van der Waals surface area contributed by atoms with Gasteiger partial charge >= 0.3 is 0 Å². The van der Waals surface area contributed by atoms with Crippen molar-refractivity contribution in [1.29, 1.82) is 0 Å². The monoisotopic (exact) mass is 421 g/mol. The predicted octanol–water partition coefficient (Wildman–Crippen LogP) is 3.18. The Labute approximate surface area is 174 Å². The van der Waals surface area contributed by atoms with Gasteiger partial charge in [-0.1, -0.05) is 5.16 Å². The van der Waals surface area contributed by atoms with Gasteiger partial charge in [0, 0.05) is 43.0 Å². The third-order valence-electron chi connectivity index (χ3n) is 5.14. The fourth-order valence-electron chi connectivity index (χ4n) is 3.58. The fraction of sp³-hybridized carbons (Fsp3) is 0.368. The summed E-state index contributed by atoms with van der Waals surface area (Å²) >= 11 is 0. The molecule has 2 fully saturated rings. The molecule has 9 heteroatoms. The Morgan fingerprint density at radius 1 is 1.25 bits per heavy atom. The molecular formula is C19H21Cl2N5O2. The van der Waals surface area contributed by atoms with Gasteiger partial charge in [0.15, 0.2) is 0 Å². The molecule has 3 aromatic rings. The third-order valence-corrected chi connectivity index (χ3v) is 5.14. The lowest BCUT2D eigenvalue weighted by Crippen LogP contribution is -2.32. The molecule has 7 nitrogen and oxygen atoms in total. The molecule has 1 aliphatic carbocycles. The Morgan fingerprint density at radius 3 is 2.71 bits per heavy atom.